The summed E-state index contributed by atoms with van der Waals surface area (Å²) in [5.41, 5.74) is 12.1. The molecule has 0 radical (unpaired) electrons. The van der Waals surface area contributed by atoms with Crippen LogP contribution in [0.25, 0.3) is 17.0 Å². The van der Waals surface area contributed by atoms with Crippen molar-refractivity contribution in [3.8, 4) is 22.8 Å². The van der Waals surface area contributed by atoms with E-state index in [1.165, 1.54) is 11.1 Å². The molecule has 44 heavy (non-hydrogen) atoms. The summed E-state index contributed by atoms with van der Waals surface area (Å²) in [7, 11) is 8.14. The number of ether oxygens (including phenoxy) is 2. The van der Waals surface area contributed by atoms with E-state index in [2.05, 4.69) is 44.4 Å². The van der Waals surface area contributed by atoms with Crippen molar-refractivity contribution in [1.82, 2.24) is 29.8 Å². The van der Waals surface area contributed by atoms with Crippen molar-refractivity contribution >= 4 is 5.70 Å². The summed E-state index contributed by atoms with van der Waals surface area (Å²) in [6, 6.07) is 24.3. The second-order valence-corrected chi connectivity index (χ2v) is 11.4. The van der Waals surface area contributed by atoms with Gasteiger partial charge in [0.1, 0.15) is 30.4 Å². The van der Waals surface area contributed by atoms with E-state index in [0.29, 0.717) is 25.5 Å². The fraction of sp³-hybridized carbons (Fsp3) is 0.353. The van der Waals surface area contributed by atoms with Crippen LogP contribution in [0.15, 0.2) is 85.2 Å². The van der Waals surface area contributed by atoms with Gasteiger partial charge in [0.15, 0.2) is 0 Å². The lowest BCUT2D eigenvalue weighted by atomic mass is 10.1. The smallest absolute Gasteiger partial charge is 0.119 e. The molecule has 0 aliphatic carbocycles. The molecule has 4 rings (SSSR count). The molecule has 3 aromatic carbocycles. The van der Waals surface area contributed by atoms with Gasteiger partial charge in [0.05, 0.1) is 11.9 Å². The van der Waals surface area contributed by atoms with Gasteiger partial charge in [0, 0.05) is 37.9 Å². The highest BCUT2D eigenvalue weighted by atomic mass is 16.5. The molecule has 234 valence electrons. The van der Waals surface area contributed by atoms with Gasteiger partial charge in [-0.1, -0.05) is 53.7 Å². The fourth-order valence-corrected chi connectivity index (χ4v) is 4.39. The van der Waals surface area contributed by atoms with Crippen LogP contribution in [0.2, 0.25) is 0 Å². The molecular weight excluding hydrogens is 552 g/mol. The average Bonchev–Trinajstić information content (AvgIpc) is 3.49. The standard InChI is InChI=1S/C34H46N8O2/c1-39(2)21-23-43-31-13-5-27(6-14-31)17-19-41(36)25-33(35)29-9-11-30(12-10-29)34-26-42(38-37-34)20-18-28-7-15-32(16-8-28)44-24-22-40(3)4/h5-16,25-26H,17-24,35-36H2,1-4H3/b33-25-. The van der Waals surface area contributed by atoms with Crippen LogP contribution in [-0.2, 0) is 19.4 Å². The summed E-state index contributed by atoms with van der Waals surface area (Å²) in [6.45, 7) is 4.49. The molecule has 0 unspecified atom stereocenters. The number of likely N-dealkylation sites (N-methyl/N-ethyl adjacent to an activating group) is 2. The number of nitrogens with zero attached hydrogens (tertiary/aromatic N) is 6. The molecule has 1 heterocycles. The molecule has 0 saturated carbocycles. The van der Waals surface area contributed by atoms with Crippen molar-refractivity contribution in [2.45, 2.75) is 19.4 Å². The summed E-state index contributed by atoms with van der Waals surface area (Å²) in [4.78, 5) is 4.20. The molecule has 0 bridgehead atoms. The molecule has 0 fully saturated rings. The summed E-state index contributed by atoms with van der Waals surface area (Å²) in [5, 5.41) is 10.3. The van der Waals surface area contributed by atoms with Crippen LogP contribution in [0.4, 0.5) is 0 Å². The Bertz CT molecular complexity index is 1430. The van der Waals surface area contributed by atoms with E-state index in [-0.39, 0.29) is 0 Å². The Balaban J connectivity index is 1.22. The third-order valence-electron chi connectivity index (χ3n) is 7.11. The number of hydrazine groups is 1. The fourth-order valence-electron chi connectivity index (χ4n) is 4.39. The minimum absolute atomic E-state index is 0.599. The van der Waals surface area contributed by atoms with E-state index in [0.717, 1.165) is 60.8 Å². The molecule has 0 spiro atoms. The zero-order valence-electron chi connectivity index (χ0n) is 26.4. The number of hydrogen-bond acceptors (Lipinski definition) is 9. The second kappa shape index (κ2) is 16.5. The van der Waals surface area contributed by atoms with Gasteiger partial charge in [-0.3, -0.25) is 4.68 Å². The van der Waals surface area contributed by atoms with Gasteiger partial charge < -0.3 is 30.0 Å². The highest BCUT2D eigenvalue weighted by molar-refractivity contribution is 5.66. The first-order valence-corrected chi connectivity index (χ1v) is 15.0. The molecule has 10 nitrogen and oxygen atoms in total. The van der Waals surface area contributed by atoms with Crippen molar-refractivity contribution < 1.29 is 9.47 Å². The first kappa shape index (κ1) is 32.5. The second-order valence-electron chi connectivity index (χ2n) is 11.4. The first-order valence-electron chi connectivity index (χ1n) is 15.0. The number of aryl methyl sites for hydroxylation is 2. The molecule has 4 aromatic rings. The summed E-state index contributed by atoms with van der Waals surface area (Å²) in [5.74, 6) is 8.00. The number of rotatable bonds is 17. The van der Waals surface area contributed by atoms with Crippen molar-refractivity contribution in [1.29, 1.82) is 0 Å². The van der Waals surface area contributed by atoms with Crippen molar-refractivity contribution in [2.24, 2.45) is 11.6 Å². The lowest BCUT2D eigenvalue weighted by Crippen LogP contribution is -2.28. The summed E-state index contributed by atoms with van der Waals surface area (Å²) < 4.78 is 13.4. The van der Waals surface area contributed by atoms with E-state index < -0.39 is 0 Å². The van der Waals surface area contributed by atoms with Crippen LogP contribution in [0, 0.1) is 0 Å². The molecule has 0 saturated heterocycles. The van der Waals surface area contributed by atoms with Crippen LogP contribution in [0.1, 0.15) is 16.7 Å². The maximum atomic E-state index is 6.36. The van der Waals surface area contributed by atoms with E-state index in [4.69, 9.17) is 21.1 Å². The van der Waals surface area contributed by atoms with Gasteiger partial charge in [0.2, 0.25) is 0 Å². The molecule has 10 heteroatoms. The van der Waals surface area contributed by atoms with E-state index >= 15 is 0 Å². The van der Waals surface area contributed by atoms with Gasteiger partial charge in [-0.15, -0.1) is 5.10 Å². The number of nitrogens with two attached hydrogens (primary N) is 2. The van der Waals surface area contributed by atoms with Crippen LogP contribution in [0.3, 0.4) is 0 Å². The summed E-state index contributed by atoms with van der Waals surface area (Å²) >= 11 is 0. The zero-order chi connectivity index (χ0) is 31.3. The lowest BCUT2D eigenvalue weighted by Gasteiger charge is -2.16. The Morgan fingerprint density at radius 2 is 1.30 bits per heavy atom. The van der Waals surface area contributed by atoms with Crippen LogP contribution >= 0.6 is 0 Å². The Kier molecular flexibility index (Phi) is 12.2. The largest absolute Gasteiger partial charge is 0.492 e. The molecule has 0 aliphatic rings. The molecule has 0 amide bonds. The predicted molar refractivity (Wildman–Crippen MR) is 177 cm³/mol. The minimum atomic E-state index is 0.599. The first-order chi connectivity index (χ1) is 21.2. The average molecular weight is 599 g/mol. The number of benzene rings is 3. The SMILES string of the molecule is CN(C)CCOc1ccc(CCN(N)/C=C(\N)c2ccc(-c3cn(CCc4ccc(OCCN(C)C)cc4)nn3)cc2)cc1. The monoisotopic (exact) mass is 598 g/mol. The molecule has 0 aliphatic heterocycles. The van der Waals surface area contributed by atoms with E-state index in [1.807, 2.05) is 87.6 Å². The normalized spacial score (nSPS) is 11.8. The number of hydrogen-bond donors (Lipinski definition) is 2. The third kappa shape index (κ3) is 10.7. The quantitative estimate of drug-likeness (QED) is 0.139. The Labute approximate surface area is 261 Å². The van der Waals surface area contributed by atoms with Crippen LogP contribution < -0.4 is 21.1 Å². The van der Waals surface area contributed by atoms with Crippen molar-refractivity contribution in [3.63, 3.8) is 0 Å². The molecular formula is C34H46N8O2. The maximum absolute atomic E-state index is 6.36. The Morgan fingerprint density at radius 1 is 0.750 bits per heavy atom. The van der Waals surface area contributed by atoms with Crippen LogP contribution in [-0.4, -0.2) is 90.8 Å². The van der Waals surface area contributed by atoms with Gasteiger partial charge >= 0.3 is 0 Å². The maximum Gasteiger partial charge on any atom is 0.119 e. The minimum Gasteiger partial charge on any atom is -0.492 e. The van der Waals surface area contributed by atoms with E-state index in [1.54, 1.807) is 11.2 Å². The van der Waals surface area contributed by atoms with Gasteiger partial charge in [-0.25, -0.2) is 5.84 Å². The number of aromatic nitrogens is 3. The van der Waals surface area contributed by atoms with E-state index in [9.17, 15) is 0 Å². The van der Waals surface area contributed by atoms with Crippen molar-refractivity contribution in [2.75, 3.05) is 61.0 Å². The van der Waals surface area contributed by atoms with Gasteiger partial charge in [-0.2, -0.15) is 0 Å². The van der Waals surface area contributed by atoms with Crippen LogP contribution in [0.5, 0.6) is 11.5 Å². The zero-order valence-corrected chi connectivity index (χ0v) is 26.4. The highest BCUT2D eigenvalue weighted by Gasteiger charge is 2.07. The third-order valence-corrected chi connectivity index (χ3v) is 7.11. The van der Waals surface area contributed by atoms with Gasteiger partial charge in [-0.05, 0) is 82.0 Å². The highest BCUT2D eigenvalue weighted by Crippen LogP contribution is 2.20. The molecule has 4 N–H and O–H groups in total. The van der Waals surface area contributed by atoms with Gasteiger partial charge in [0.25, 0.3) is 0 Å². The lowest BCUT2D eigenvalue weighted by molar-refractivity contribution is 0.261. The Morgan fingerprint density at radius 3 is 1.84 bits per heavy atom. The molecule has 0 atom stereocenters. The predicted octanol–water partition coefficient (Wildman–Crippen LogP) is 3.74. The van der Waals surface area contributed by atoms with Crippen molar-refractivity contribution in [3.05, 3.63) is 102 Å². The summed E-state index contributed by atoms with van der Waals surface area (Å²) in [6.07, 6.45) is 5.39. The Hall–Kier alpha value is -4.38. The topological polar surface area (TPSA) is 111 Å². The molecule has 1 aromatic heterocycles.